The van der Waals surface area contributed by atoms with Crippen molar-refractivity contribution >= 4 is 22.8 Å². The number of benzene rings is 1. The van der Waals surface area contributed by atoms with Crippen LogP contribution >= 0.6 is 0 Å². The second-order valence-electron chi connectivity index (χ2n) is 3.79. The molecule has 1 heterocycles. The summed E-state index contributed by atoms with van der Waals surface area (Å²) >= 11 is 0. The first-order chi connectivity index (χ1) is 9.00. The van der Waals surface area contributed by atoms with Crippen LogP contribution in [0.5, 0.6) is 0 Å². The number of nitrogens with one attached hydrogen (secondary N) is 1. The van der Waals surface area contributed by atoms with Crippen molar-refractivity contribution in [3.8, 4) is 0 Å². The Hall–Kier alpha value is -2.41. The van der Waals surface area contributed by atoms with Crippen LogP contribution in [-0.4, -0.2) is 23.6 Å². The van der Waals surface area contributed by atoms with E-state index in [1.54, 1.807) is 13.0 Å². The van der Waals surface area contributed by atoms with Crippen LogP contribution in [0.3, 0.4) is 0 Å². The Morgan fingerprint density at radius 1 is 1.47 bits per heavy atom. The van der Waals surface area contributed by atoms with Crippen molar-refractivity contribution in [2.45, 2.75) is 6.92 Å². The van der Waals surface area contributed by atoms with E-state index in [4.69, 9.17) is 9.52 Å². The van der Waals surface area contributed by atoms with E-state index in [1.807, 2.05) is 5.48 Å². The molecule has 100 valence electrons. The predicted molar refractivity (Wildman–Crippen MR) is 62.0 cm³/mol. The minimum atomic E-state index is -1.23. The standard InChI is InChI=1S/C12H10FNO5/c1-6-7-3-2-4-8(13)11(7)19-10(6)12(17)14-18-5-9(15)16/h2-4H,5H2,1H3,(H,14,17)(H,15,16). The summed E-state index contributed by atoms with van der Waals surface area (Å²) in [6.07, 6.45) is 0. The topological polar surface area (TPSA) is 88.8 Å². The Bertz CT molecular complexity index is 649. The number of fused-ring (bicyclic) bond motifs is 1. The fourth-order valence-corrected chi connectivity index (χ4v) is 1.64. The summed E-state index contributed by atoms with van der Waals surface area (Å²) in [5.41, 5.74) is 2.34. The lowest BCUT2D eigenvalue weighted by atomic mass is 10.1. The average Bonchev–Trinajstić information content (AvgIpc) is 2.68. The Morgan fingerprint density at radius 2 is 2.21 bits per heavy atom. The molecule has 2 rings (SSSR count). The molecule has 0 bridgehead atoms. The number of furan rings is 1. The number of carboxylic acid groups (broad SMARTS) is 1. The second-order valence-corrected chi connectivity index (χ2v) is 3.79. The van der Waals surface area contributed by atoms with E-state index in [9.17, 15) is 14.0 Å². The lowest BCUT2D eigenvalue weighted by Crippen LogP contribution is -2.26. The van der Waals surface area contributed by atoms with E-state index >= 15 is 0 Å². The number of hydroxylamine groups is 1. The zero-order chi connectivity index (χ0) is 14.0. The van der Waals surface area contributed by atoms with Crippen LogP contribution < -0.4 is 5.48 Å². The van der Waals surface area contributed by atoms with Crippen LogP contribution in [0.4, 0.5) is 4.39 Å². The van der Waals surface area contributed by atoms with Gasteiger partial charge in [-0.3, -0.25) is 9.63 Å². The Kier molecular flexibility index (Phi) is 3.48. The molecular formula is C12H10FNO5. The molecule has 0 saturated heterocycles. The minimum absolute atomic E-state index is 0.0246. The zero-order valence-corrected chi connectivity index (χ0v) is 9.90. The summed E-state index contributed by atoms with van der Waals surface area (Å²) < 4.78 is 18.6. The second kappa shape index (κ2) is 5.07. The van der Waals surface area contributed by atoms with Gasteiger partial charge in [0, 0.05) is 10.9 Å². The summed E-state index contributed by atoms with van der Waals surface area (Å²) in [5, 5.41) is 8.83. The first kappa shape index (κ1) is 13.0. The molecule has 0 aliphatic rings. The third kappa shape index (κ3) is 2.55. The maximum Gasteiger partial charge on any atom is 0.332 e. The van der Waals surface area contributed by atoms with Gasteiger partial charge in [-0.25, -0.2) is 14.7 Å². The highest BCUT2D eigenvalue weighted by Crippen LogP contribution is 2.27. The molecule has 0 unspecified atom stereocenters. The highest BCUT2D eigenvalue weighted by molar-refractivity contribution is 5.98. The van der Waals surface area contributed by atoms with Crippen molar-refractivity contribution in [1.82, 2.24) is 5.48 Å². The number of aliphatic carboxylic acids is 1. The summed E-state index contributed by atoms with van der Waals surface area (Å²) in [7, 11) is 0. The first-order valence-corrected chi connectivity index (χ1v) is 5.32. The van der Waals surface area contributed by atoms with Crippen molar-refractivity contribution in [1.29, 1.82) is 0 Å². The van der Waals surface area contributed by atoms with Gasteiger partial charge in [-0.15, -0.1) is 0 Å². The van der Waals surface area contributed by atoms with Gasteiger partial charge in [0.2, 0.25) is 0 Å². The van der Waals surface area contributed by atoms with Crippen molar-refractivity contribution in [3.05, 3.63) is 35.3 Å². The van der Waals surface area contributed by atoms with E-state index in [2.05, 4.69) is 4.84 Å². The Balaban J connectivity index is 2.25. The van der Waals surface area contributed by atoms with E-state index in [1.165, 1.54) is 12.1 Å². The van der Waals surface area contributed by atoms with Crippen LogP contribution in [0.1, 0.15) is 16.1 Å². The average molecular weight is 267 g/mol. The summed E-state index contributed by atoms with van der Waals surface area (Å²) in [4.78, 5) is 26.3. The van der Waals surface area contributed by atoms with Gasteiger partial charge in [0.15, 0.2) is 23.8 Å². The van der Waals surface area contributed by atoms with Gasteiger partial charge < -0.3 is 9.52 Å². The molecule has 0 aliphatic heterocycles. The fourth-order valence-electron chi connectivity index (χ4n) is 1.64. The third-order valence-corrected chi connectivity index (χ3v) is 2.48. The summed E-state index contributed by atoms with van der Waals surface area (Å²) in [6, 6.07) is 4.34. The number of aryl methyl sites for hydroxylation is 1. The van der Waals surface area contributed by atoms with Crippen LogP contribution in [0, 0.1) is 12.7 Å². The highest BCUT2D eigenvalue weighted by atomic mass is 19.1. The Morgan fingerprint density at radius 3 is 2.84 bits per heavy atom. The summed E-state index contributed by atoms with van der Waals surface area (Å²) in [6.45, 7) is 0.913. The monoisotopic (exact) mass is 267 g/mol. The normalized spacial score (nSPS) is 10.6. The largest absolute Gasteiger partial charge is 0.479 e. The third-order valence-electron chi connectivity index (χ3n) is 2.48. The molecule has 0 aliphatic carbocycles. The van der Waals surface area contributed by atoms with Crippen molar-refractivity contribution in [3.63, 3.8) is 0 Å². The summed E-state index contributed by atoms with van der Waals surface area (Å²) in [5.74, 6) is -2.70. The van der Waals surface area contributed by atoms with E-state index < -0.39 is 24.3 Å². The number of carbonyl (C=O) groups is 2. The molecule has 0 fully saturated rings. The van der Waals surface area contributed by atoms with Gasteiger partial charge >= 0.3 is 11.9 Å². The smallest absolute Gasteiger partial charge is 0.332 e. The van der Waals surface area contributed by atoms with E-state index in [0.29, 0.717) is 10.9 Å². The van der Waals surface area contributed by atoms with Crippen molar-refractivity contribution in [2.75, 3.05) is 6.61 Å². The maximum atomic E-state index is 13.5. The van der Waals surface area contributed by atoms with Crippen LogP contribution in [0.15, 0.2) is 22.6 Å². The predicted octanol–water partition coefficient (Wildman–Crippen LogP) is 1.63. The van der Waals surface area contributed by atoms with Gasteiger partial charge in [-0.1, -0.05) is 12.1 Å². The molecule has 6 nitrogen and oxygen atoms in total. The number of para-hydroxylation sites is 1. The molecule has 1 aromatic heterocycles. The molecule has 2 N–H and O–H groups in total. The molecular weight excluding hydrogens is 257 g/mol. The molecule has 0 radical (unpaired) electrons. The number of hydrogen-bond donors (Lipinski definition) is 2. The van der Waals surface area contributed by atoms with Crippen molar-refractivity contribution in [2.24, 2.45) is 0 Å². The number of amides is 1. The van der Waals surface area contributed by atoms with Gasteiger partial charge in [0.25, 0.3) is 0 Å². The number of carboxylic acids is 1. The highest BCUT2D eigenvalue weighted by Gasteiger charge is 2.19. The molecule has 2 aromatic rings. The van der Waals surface area contributed by atoms with Crippen molar-refractivity contribution < 1.29 is 28.3 Å². The maximum absolute atomic E-state index is 13.5. The number of halogens is 1. The molecule has 0 spiro atoms. The molecule has 7 heteroatoms. The van der Waals surface area contributed by atoms with Gasteiger partial charge in [0.1, 0.15) is 0 Å². The van der Waals surface area contributed by atoms with E-state index in [-0.39, 0.29) is 11.3 Å². The molecule has 1 amide bonds. The lowest BCUT2D eigenvalue weighted by Gasteiger charge is -2.01. The quantitative estimate of drug-likeness (QED) is 0.822. The zero-order valence-electron chi connectivity index (χ0n) is 9.90. The van der Waals surface area contributed by atoms with Gasteiger partial charge in [-0.2, -0.15) is 0 Å². The molecule has 0 atom stereocenters. The number of hydrogen-bond acceptors (Lipinski definition) is 4. The van der Waals surface area contributed by atoms with Gasteiger partial charge in [0.05, 0.1) is 0 Å². The van der Waals surface area contributed by atoms with Gasteiger partial charge in [-0.05, 0) is 13.0 Å². The fraction of sp³-hybridized carbons (Fsp3) is 0.167. The first-order valence-electron chi connectivity index (χ1n) is 5.32. The SMILES string of the molecule is Cc1c(C(=O)NOCC(=O)O)oc2c(F)cccc12. The number of carbonyl (C=O) groups excluding carboxylic acids is 1. The number of rotatable bonds is 4. The van der Waals surface area contributed by atoms with E-state index in [0.717, 1.165) is 0 Å². The van der Waals surface area contributed by atoms with Crippen LogP contribution in [0.2, 0.25) is 0 Å². The molecule has 1 aromatic carbocycles. The molecule has 19 heavy (non-hydrogen) atoms. The minimum Gasteiger partial charge on any atom is -0.479 e. The lowest BCUT2D eigenvalue weighted by molar-refractivity contribution is -0.144. The van der Waals surface area contributed by atoms with Crippen LogP contribution in [-0.2, 0) is 9.63 Å². The van der Waals surface area contributed by atoms with Crippen LogP contribution in [0.25, 0.3) is 11.0 Å². The molecule has 0 saturated carbocycles. The Labute approximate surface area is 106 Å².